The molecule has 2 heterocycles. The van der Waals surface area contributed by atoms with Gasteiger partial charge in [-0.25, -0.2) is 15.4 Å². The normalized spacial score (nSPS) is 11.5. The number of nitrogens with zero attached hydrogens (tertiary/aromatic N) is 3. The van der Waals surface area contributed by atoms with Gasteiger partial charge in [0.15, 0.2) is 5.16 Å². The standard InChI is InChI=1S/C23H21N5O2S/c1-15(27-28-22(29)19-13-26-20-7-4-3-6-18(19)20)16-8-9-21(30-2)17(12-16)14-31-23-24-10-5-11-25-23/h3-13,26H,14H2,1-2H3,(H,28,29)/b27-15+. The van der Waals surface area contributed by atoms with Gasteiger partial charge in [0.2, 0.25) is 0 Å². The number of thioether (sulfide) groups is 1. The number of ether oxygens (including phenoxy) is 1. The molecule has 0 aliphatic rings. The molecule has 0 saturated heterocycles. The summed E-state index contributed by atoms with van der Waals surface area (Å²) >= 11 is 1.53. The Bertz CT molecular complexity index is 1240. The van der Waals surface area contributed by atoms with Crippen molar-refractivity contribution in [2.75, 3.05) is 7.11 Å². The fourth-order valence-electron chi connectivity index (χ4n) is 3.14. The van der Waals surface area contributed by atoms with Crippen LogP contribution in [-0.4, -0.2) is 33.7 Å². The summed E-state index contributed by atoms with van der Waals surface area (Å²) in [5.41, 5.74) is 6.70. The SMILES string of the molecule is COc1ccc(/C(C)=N/NC(=O)c2c[nH]c3ccccc23)cc1CSc1ncccn1. The smallest absolute Gasteiger partial charge is 0.273 e. The van der Waals surface area contributed by atoms with Crippen molar-refractivity contribution in [1.82, 2.24) is 20.4 Å². The van der Waals surface area contributed by atoms with E-state index >= 15 is 0 Å². The highest BCUT2D eigenvalue weighted by atomic mass is 32.2. The number of rotatable bonds is 7. The Morgan fingerprint density at radius 1 is 1.16 bits per heavy atom. The van der Waals surface area contributed by atoms with Crippen molar-refractivity contribution in [1.29, 1.82) is 0 Å². The molecule has 2 N–H and O–H groups in total. The fraction of sp³-hybridized carbons (Fsp3) is 0.130. The van der Waals surface area contributed by atoms with Gasteiger partial charge in [0, 0.05) is 40.8 Å². The predicted octanol–water partition coefficient (Wildman–Crippen LogP) is 4.41. The van der Waals surface area contributed by atoms with Crippen molar-refractivity contribution in [3.05, 3.63) is 83.8 Å². The molecule has 2 aromatic carbocycles. The van der Waals surface area contributed by atoms with Gasteiger partial charge in [-0.3, -0.25) is 4.79 Å². The van der Waals surface area contributed by atoms with Crippen molar-refractivity contribution in [3.8, 4) is 5.75 Å². The van der Waals surface area contributed by atoms with E-state index in [9.17, 15) is 4.79 Å². The Morgan fingerprint density at radius 3 is 2.77 bits per heavy atom. The summed E-state index contributed by atoms with van der Waals surface area (Å²) in [6.07, 6.45) is 5.13. The summed E-state index contributed by atoms with van der Waals surface area (Å²) in [6, 6.07) is 15.3. The number of aromatic amines is 1. The first-order chi connectivity index (χ1) is 15.2. The molecule has 31 heavy (non-hydrogen) atoms. The predicted molar refractivity (Wildman–Crippen MR) is 123 cm³/mol. The third-order valence-corrected chi connectivity index (χ3v) is 5.68. The highest BCUT2D eigenvalue weighted by Gasteiger charge is 2.12. The number of hydrogen-bond donors (Lipinski definition) is 2. The molecule has 0 spiro atoms. The zero-order valence-electron chi connectivity index (χ0n) is 17.1. The minimum atomic E-state index is -0.262. The molecule has 156 valence electrons. The van der Waals surface area contributed by atoms with Crippen LogP contribution in [-0.2, 0) is 5.75 Å². The van der Waals surface area contributed by atoms with Crippen LogP contribution in [0.1, 0.15) is 28.4 Å². The van der Waals surface area contributed by atoms with Crippen LogP contribution in [0, 0.1) is 0 Å². The number of methoxy groups -OCH3 is 1. The highest BCUT2D eigenvalue weighted by Crippen LogP contribution is 2.27. The molecule has 4 rings (SSSR count). The van der Waals surface area contributed by atoms with Gasteiger partial charge in [-0.15, -0.1) is 0 Å². The van der Waals surface area contributed by atoms with Crippen molar-refractivity contribution < 1.29 is 9.53 Å². The van der Waals surface area contributed by atoms with Crippen LogP contribution in [0.25, 0.3) is 10.9 Å². The third-order valence-electron chi connectivity index (χ3n) is 4.76. The second-order valence-corrected chi connectivity index (χ2v) is 7.68. The number of benzene rings is 2. The van der Waals surface area contributed by atoms with Gasteiger partial charge in [-0.2, -0.15) is 5.10 Å². The molecule has 2 aromatic heterocycles. The summed E-state index contributed by atoms with van der Waals surface area (Å²) in [6.45, 7) is 1.86. The number of amides is 1. The van der Waals surface area contributed by atoms with Crippen molar-refractivity contribution in [2.24, 2.45) is 5.10 Å². The lowest BCUT2D eigenvalue weighted by Gasteiger charge is -2.10. The number of aromatic nitrogens is 3. The van der Waals surface area contributed by atoms with E-state index in [1.807, 2.05) is 49.4 Å². The lowest BCUT2D eigenvalue weighted by Crippen LogP contribution is -2.19. The monoisotopic (exact) mass is 431 g/mol. The highest BCUT2D eigenvalue weighted by molar-refractivity contribution is 7.98. The van der Waals surface area contributed by atoms with Crippen LogP contribution in [0.3, 0.4) is 0 Å². The van der Waals surface area contributed by atoms with E-state index in [0.29, 0.717) is 22.2 Å². The van der Waals surface area contributed by atoms with E-state index in [1.54, 1.807) is 31.8 Å². The molecular weight excluding hydrogens is 410 g/mol. The number of nitrogens with one attached hydrogen (secondary N) is 2. The minimum Gasteiger partial charge on any atom is -0.496 e. The molecule has 0 aliphatic carbocycles. The maximum atomic E-state index is 12.6. The second kappa shape index (κ2) is 9.44. The summed E-state index contributed by atoms with van der Waals surface area (Å²) in [4.78, 5) is 24.2. The number of hydrogen-bond acceptors (Lipinski definition) is 6. The van der Waals surface area contributed by atoms with Gasteiger partial charge in [-0.1, -0.05) is 30.0 Å². The average Bonchev–Trinajstić information content (AvgIpc) is 3.26. The van der Waals surface area contributed by atoms with Gasteiger partial charge in [0.25, 0.3) is 5.91 Å². The first-order valence-corrected chi connectivity index (χ1v) is 10.6. The second-order valence-electron chi connectivity index (χ2n) is 6.73. The first-order valence-electron chi connectivity index (χ1n) is 9.63. The van der Waals surface area contributed by atoms with Crippen LogP contribution in [0.15, 0.2) is 77.4 Å². The quantitative estimate of drug-likeness (QED) is 0.196. The Morgan fingerprint density at radius 2 is 1.97 bits per heavy atom. The van der Waals surface area contributed by atoms with Crippen LogP contribution in [0.4, 0.5) is 0 Å². The summed E-state index contributed by atoms with van der Waals surface area (Å²) in [5, 5.41) is 5.86. The molecule has 4 aromatic rings. The van der Waals surface area contributed by atoms with E-state index in [0.717, 1.165) is 27.8 Å². The van der Waals surface area contributed by atoms with Gasteiger partial charge >= 0.3 is 0 Å². The average molecular weight is 432 g/mol. The molecule has 0 fully saturated rings. The summed E-state index contributed by atoms with van der Waals surface area (Å²) in [5.74, 6) is 1.17. The maximum absolute atomic E-state index is 12.6. The number of para-hydroxylation sites is 1. The van der Waals surface area contributed by atoms with Crippen molar-refractivity contribution >= 4 is 34.3 Å². The number of hydrazone groups is 1. The lowest BCUT2D eigenvalue weighted by atomic mass is 10.1. The molecule has 7 nitrogen and oxygen atoms in total. The van der Waals surface area contributed by atoms with E-state index in [4.69, 9.17) is 4.74 Å². The molecule has 0 saturated carbocycles. The van der Waals surface area contributed by atoms with Gasteiger partial charge in [0.05, 0.1) is 18.4 Å². The van der Waals surface area contributed by atoms with Gasteiger partial charge in [0.1, 0.15) is 5.75 Å². The van der Waals surface area contributed by atoms with E-state index in [1.165, 1.54) is 11.8 Å². The van der Waals surface area contributed by atoms with Crippen LogP contribution in [0.5, 0.6) is 5.75 Å². The Labute approximate surface area is 184 Å². The summed E-state index contributed by atoms with van der Waals surface area (Å²) < 4.78 is 5.49. The van der Waals surface area contributed by atoms with Crippen molar-refractivity contribution in [2.45, 2.75) is 17.8 Å². The van der Waals surface area contributed by atoms with Crippen molar-refractivity contribution in [3.63, 3.8) is 0 Å². The van der Waals surface area contributed by atoms with Crippen LogP contribution >= 0.6 is 11.8 Å². The molecule has 8 heteroatoms. The van der Waals surface area contributed by atoms with Crippen LogP contribution < -0.4 is 10.2 Å². The topological polar surface area (TPSA) is 92.3 Å². The molecule has 0 atom stereocenters. The number of fused-ring (bicyclic) bond motifs is 1. The fourth-order valence-corrected chi connectivity index (χ4v) is 3.92. The van der Waals surface area contributed by atoms with Gasteiger partial charge in [-0.05, 0) is 42.8 Å². The third kappa shape index (κ3) is 4.75. The number of H-pyrrole nitrogens is 1. The molecule has 0 radical (unpaired) electrons. The molecule has 0 bridgehead atoms. The minimum absolute atomic E-state index is 0.262. The number of carbonyl (C=O) groups is 1. The van der Waals surface area contributed by atoms with E-state index < -0.39 is 0 Å². The van der Waals surface area contributed by atoms with E-state index in [2.05, 4.69) is 25.5 Å². The summed E-state index contributed by atoms with van der Waals surface area (Å²) in [7, 11) is 1.64. The molecule has 0 aliphatic heterocycles. The Balaban J connectivity index is 1.50. The van der Waals surface area contributed by atoms with Gasteiger partial charge < -0.3 is 9.72 Å². The molecular formula is C23H21N5O2S. The Hall–Kier alpha value is -3.65. The molecule has 0 unspecified atom stereocenters. The zero-order valence-corrected chi connectivity index (χ0v) is 17.9. The van der Waals surface area contributed by atoms with E-state index in [-0.39, 0.29) is 5.91 Å². The Kier molecular flexibility index (Phi) is 6.28. The lowest BCUT2D eigenvalue weighted by molar-refractivity contribution is 0.0956. The zero-order chi connectivity index (χ0) is 21.6. The number of carbonyl (C=O) groups excluding carboxylic acids is 1. The van der Waals surface area contributed by atoms with Crippen LogP contribution in [0.2, 0.25) is 0 Å². The molecule has 1 amide bonds. The largest absolute Gasteiger partial charge is 0.496 e. The first kappa shape index (κ1) is 20.6. The maximum Gasteiger partial charge on any atom is 0.273 e.